The van der Waals surface area contributed by atoms with E-state index in [9.17, 15) is 0 Å². The van der Waals surface area contributed by atoms with Crippen LogP contribution < -0.4 is 0 Å². The number of benzene rings is 2. The zero-order chi connectivity index (χ0) is 11.5. The van der Waals surface area contributed by atoms with Crippen LogP contribution in [0.25, 0.3) is 11.1 Å². The Morgan fingerprint density at radius 1 is 1.00 bits per heavy atom. The van der Waals surface area contributed by atoms with E-state index in [4.69, 9.17) is 5.26 Å². The van der Waals surface area contributed by atoms with Gasteiger partial charge in [0.05, 0.1) is 11.6 Å². The van der Waals surface area contributed by atoms with Crippen LogP contribution in [0.4, 0.5) is 0 Å². The molecule has 0 amide bonds. The molecule has 0 aliphatic rings. The van der Waals surface area contributed by atoms with Crippen LogP contribution in [-0.4, -0.2) is 0 Å². The van der Waals surface area contributed by atoms with E-state index in [0.717, 1.165) is 5.56 Å². The molecule has 78 valence electrons. The molecule has 0 saturated carbocycles. The second-order valence-electron chi connectivity index (χ2n) is 4.01. The molecule has 0 aromatic heterocycles. The summed E-state index contributed by atoms with van der Waals surface area (Å²) >= 11 is 0. The minimum atomic E-state index is 0.707. The molecule has 0 radical (unpaired) electrons. The van der Waals surface area contributed by atoms with Crippen LogP contribution in [0.15, 0.2) is 42.5 Å². The summed E-state index contributed by atoms with van der Waals surface area (Å²) in [5.41, 5.74) is 5.50. The van der Waals surface area contributed by atoms with Crippen molar-refractivity contribution in [3.63, 3.8) is 0 Å². The van der Waals surface area contributed by atoms with Gasteiger partial charge in [-0.3, -0.25) is 0 Å². The van der Waals surface area contributed by atoms with Crippen LogP contribution in [0.1, 0.15) is 16.7 Å². The Kier molecular flexibility index (Phi) is 2.74. The highest BCUT2D eigenvalue weighted by atomic mass is 14.2. The van der Waals surface area contributed by atoms with Crippen LogP contribution in [0.3, 0.4) is 0 Å². The van der Waals surface area contributed by atoms with Gasteiger partial charge in [0.25, 0.3) is 0 Å². The van der Waals surface area contributed by atoms with Crippen LogP contribution in [0, 0.1) is 25.2 Å². The first-order valence-corrected chi connectivity index (χ1v) is 5.28. The van der Waals surface area contributed by atoms with Crippen LogP contribution in [0.5, 0.6) is 0 Å². The second-order valence-corrected chi connectivity index (χ2v) is 4.01. The largest absolute Gasteiger partial charge is 0.192 e. The first-order valence-electron chi connectivity index (χ1n) is 5.28. The highest BCUT2D eigenvalue weighted by Crippen LogP contribution is 2.25. The molecule has 1 heteroatoms. The molecule has 0 aliphatic carbocycles. The average molecular weight is 207 g/mol. The Morgan fingerprint density at radius 2 is 1.81 bits per heavy atom. The molecule has 0 fully saturated rings. The molecule has 0 atom stereocenters. The molecule has 2 aromatic rings. The number of hydrogen-bond acceptors (Lipinski definition) is 1. The van der Waals surface area contributed by atoms with Crippen molar-refractivity contribution in [2.45, 2.75) is 13.8 Å². The molecule has 2 rings (SSSR count). The minimum absolute atomic E-state index is 0.707. The molecular formula is C15H13N. The van der Waals surface area contributed by atoms with Crippen LogP contribution in [-0.2, 0) is 0 Å². The van der Waals surface area contributed by atoms with Gasteiger partial charge >= 0.3 is 0 Å². The minimum Gasteiger partial charge on any atom is -0.192 e. The fourth-order valence-corrected chi connectivity index (χ4v) is 1.80. The van der Waals surface area contributed by atoms with Gasteiger partial charge in [-0.1, -0.05) is 35.9 Å². The van der Waals surface area contributed by atoms with Crippen molar-refractivity contribution in [1.82, 2.24) is 0 Å². The quantitative estimate of drug-likeness (QED) is 0.697. The van der Waals surface area contributed by atoms with E-state index in [2.05, 4.69) is 38.1 Å². The van der Waals surface area contributed by atoms with E-state index in [-0.39, 0.29) is 0 Å². The third kappa shape index (κ3) is 1.97. The summed E-state index contributed by atoms with van der Waals surface area (Å²) in [5.74, 6) is 0. The fraction of sp³-hybridized carbons (Fsp3) is 0.133. The predicted molar refractivity (Wildman–Crippen MR) is 66.1 cm³/mol. The highest BCUT2D eigenvalue weighted by Gasteiger charge is 2.02. The molecule has 0 unspecified atom stereocenters. The summed E-state index contributed by atoms with van der Waals surface area (Å²) < 4.78 is 0. The van der Waals surface area contributed by atoms with Gasteiger partial charge < -0.3 is 0 Å². The molecule has 0 N–H and O–H groups in total. The Bertz CT molecular complexity index is 562. The van der Waals surface area contributed by atoms with Crippen LogP contribution in [0.2, 0.25) is 0 Å². The van der Waals surface area contributed by atoms with Crippen molar-refractivity contribution in [3.8, 4) is 17.2 Å². The van der Waals surface area contributed by atoms with Gasteiger partial charge in [0, 0.05) is 0 Å². The number of nitrogens with zero attached hydrogens (tertiary/aromatic N) is 1. The van der Waals surface area contributed by atoms with Crippen molar-refractivity contribution in [3.05, 3.63) is 59.2 Å². The third-order valence-corrected chi connectivity index (χ3v) is 2.70. The molecule has 0 bridgehead atoms. The van der Waals surface area contributed by atoms with E-state index in [1.54, 1.807) is 0 Å². The van der Waals surface area contributed by atoms with Gasteiger partial charge in [-0.25, -0.2) is 0 Å². The Labute approximate surface area is 96.0 Å². The summed E-state index contributed by atoms with van der Waals surface area (Å²) in [6.45, 7) is 4.17. The Morgan fingerprint density at radius 3 is 2.56 bits per heavy atom. The van der Waals surface area contributed by atoms with E-state index in [0.29, 0.717) is 5.56 Å². The lowest BCUT2D eigenvalue weighted by atomic mass is 9.97. The first kappa shape index (κ1) is 10.4. The number of nitriles is 1. The normalized spacial score (nSPS) is 9.81. The molecule has 0 spiro atoms. The van der Waals surface area contributed by atoms with Gasteiger partial charge in [-0.15, -0.1) is 0 Å². The van der Waals surface area contributed by atoms with E-state index in [1.165, 1.54) is 16.7 Å². The van der Waals surface area contributed by atoms with Crippen molar-refractivity contribution in [1.29, 1.82) is 5.26 Å². The molecular weight excluding hydrogens is 194 g/mol. The topological polar surface area (TPSA) is 23.8 Å². The molecule has 0 heterocycles. The number of hydrogen-bond donors (Lipinski definition) is 0. The lowest BCUT2D eigenvalue weighted by Gasteiger charge is -2.07. The summed E-state index contributed by atoms with van der Waals surface area (Å²) in [4.78, 5) is 0. The monoisotopic (exact) mass is 207 g/mol. The maximum absolute atomic E-state index is 8.88. The summed E-state index contributed by atoms with van der Waals surface area (Å²) in [7, 11) is 0. The average Bonchev–Trinajstić information content (AvgIpc) is 2.32. The number of rotatable bonds is 1. The van der Waals surface area contributed by atoms with Crippen molar-refractivity contribution < 1.29 is 0 Å². The Hall–Kier alpha value is -2.07. The van der Waals surface area contributed by atoms with Gasteiger partial charge in [-0.2, -0.15) is 5.26 Å². The standard InChI is InChI=1S/C15H13N/c1-11-6-7-12(2)15(8-11)14-5-3-4-13(9-14)10-16/h3-9H,1-2H3. The van der Waals surface area contributed by atoms with E-state index in [1.807, 2.05) is 24.3 Å². The SMILES string of the molecule is Cc1ccc(C)c(-c2cccc(C#N)c2)c1. The smallest absolute Gasteiger partial charge is 0.0991 e. The molecule has 0 saturated heterocycles. The maximum atomic E-state index is 8.88. The third-order valence-electron chi connectivity index (χ3n) is 2.70. The lowest BCUT2D eigenvalue weighted by Crippen LogP contribution is -1.85. The maximum Gasteiger partial charge on any atom is 0.0991 e. The summed E-state index contributed by atoms with van der Waals surface area (Å²) in [6, 6.07) is 16.3. The van der Waals surface area contributed by atoms with Gasteiger partial charge in [0.1, 0.15) is 0 Å². The molecule has 1 nitrogen and oxygen atoms in total. The zero-order valence-corrected chi connectivity index (χ0v) is 9.49. The van der Waals surface area contributed by atoms with Gasteiger partial charge in [0.2, 0.25) is 0 Å². The van der Waals surface area contributed by atoms with Crippen LogP contribution >= 0.6 is 0 Å². The predicted octanol–water partition coefficient (Wildman–Crippen LogP) is 3.84. The van der Waals surface area contributed by atoms with Crippen molar-refractivity contribution >= 4 is 0 Å². The highest BCUT2D eigenvalue weighted by molar-refractivity contribution is 5.69. The van der Waals surface area contributed by atoms with Gasteiger partial charge in [-0.05, 0) is 42.7 Å². The number of aryl methyl sites for hydroxylation is 2. The van der Waals surface area contributed by atoms with Gasteiger partial charge in [0.15, 0.2) is 0 Å². The molecule has 0 aliphatic heterocycles. The van der Waals surface area contributed by atoms with E-state index >= 15 is 0 Å². The summed E-state index contributed by atoms with van der Waals surface area (Å²) in [6.07, 6.45) is 0. The molecule has 16 heavy (non-hydrogen) atoms. The first-order chi connectivity index (χ1) is 7.70. The molecule has 2 aromatic carbocycles. The lowest BCUT2D eigenvalue weighted by molar-refractivity contribution is 1.39. The zero-order valence-electron chi connectivity index (χ0n) is 9.49. The fourth-order valence-electron chi connectivity index (χ4n) is 1.80. The Balaban J connectivity index is 2.58. The second kappa shape index (κ2) is 4.20. The van der Waals surface area contributed by atoms with Crippen molar-refractivity contribution in [2.24, 2.45) is 0 Å². The van der Waals surface area contributed by atoms with Crippen molar-refractivity contribution in [2.75, 3.05) is 0 Å². The summed E-state index contributed by atoms with van der Waals surface area (Å²) in [5, 5.41) is 8.88. The van der Waals surface area contributed by atoms with E-state index < -0.39 is 0 Å².